The number of rotatable bonds is 4. The van der Waals surface area contributed by atoms with Crippen molar-refractivity contribution in [2.75, 3.05) is 5.32 Å². The Bertz CT molecular complexity index is 1300. The Morgan fingerprint density at radius 3 is 2.30 bits per heavy atom. The number of halogens is 5. The number of nitrogens with zero attached hydrogens (tertiary/aromatic N) is 2. The van der Waals surface area contributed by atoms with Crippen LogP contribution in [0, 0.1) is 11.7 Å². The van der Waals surface area contributed by atoms with Crippen molar-refractivity contribution in [1.29, 1.82) is 0 Å². The van der Waals surface area contributed by atoms with E-state index in [0.717, 1.165) is 6.20 Å². The molecule has 2 amide bonds. The van der Waals surface area contributed by atoms with Gasteiger partial charge in [0, 0.05) is 27.8 Å². The van der Waals surface area contributed by atoms with Crippen LogP contribution in [0.25, 0.3) is 0 Å². The Morgan fingerprint density at radius 1 is 1.03 bits per heavy atom. The first-order valence-electron chi connectivity index (χ1n) is 9.47. The van der Waals surface area contributed by atoms with Crippen LogP contribution < -0.4 is 10.7 Å². The second-order valence-electron chi connectivity index (χ2n) is 7.36. The number of benzene rings is 2. The summed E-state index contributed by atoms with van der Waals surface area (Å²) in [6, 6.07) is 12.4. The zero-order valence-electron chi connectivity index (χ0n) is 16.5. The van der Waals surface area contributed by atoms with Crippen molar-refractivity contribution in [3.8, 4) is 0 Å². The van der Waals surface area contributed by atoms with Gasteiger partial charge in [0.15, 0.2) is 0 Å². The van der Waals surface area contributed by atoms with Crippen molar-refractivity contribution in [3.63, 3.8) is 0 Å². The lowest BCUT2D eigenvalue weighted by molar-refractivity contribution is -0.119. The van der Waals surface area contributed by atoms with E-state index in [1.165, 1.54) is 36.4 Å². The van der Waals surface area contributed by atoms with Gasteiger partial charge in [0.1, 0.15) is 15.8 Å². The number of amides is 2. The van der Waals surface area contributed by atoms with E-state index in [1.807, 2.05) is 0 Å². The van der Waals surface area contributed by atoms with Crippen LogP contribution in [0.4, 0.5) is 10.1 Å². The maximum absolute atomic E-state index is 13.1. The highest BCUT2D eigenvalue weighted by molar-refractivity contribution is 6.53. The van der Waals surface area contributed by atoms with Crippen LogP contribution in [0.15, 0.2) is 65.8 Å². The van der Waals surface area contributed by atoms with Gasteiger partial charge in [-0.15, -0.1) is 23.2 Å². The van der Waals surface area contributed by atoms with Crippen LogP contribution in [0.5, 0.6) is 0 Å². The Labute approximate surface area is 207 Å². The van der Waals surface area contributed by atoms with Crippen LogP contribution in [0.3, 0.4) is 0 Å². The number of pyridine rings is 1. The monoisotopic (exact) mass is 527 g/mol. The van der Waals surface area contributed by atoms with Crippen LogP contribution in [0.1, 0.15) is 22.0 Å². The largest absolute Gasteiger partial charge is 0.428 e. The van der Waals surface area contributed by atoms with Crippen molar-refractivity contribution in [1.82, 2.24) is 4.73 Å². The lowest BCUT2D eigenvalue weighted by Crippen LogP contribution is -2.22. The van der Waals surface area contributed by atoms with Crippen molar-refractivity contribution < 1.29 is 19.2 Å². The summed E-state index contributed by atoms with van der Waals surface area (Å²) < 4.78 is 12.2. The third kappa shape index (κ3) is 5.01. The molecule has 0 radical (unpaired) electrons. The average molecular weight is 529 g/mol. The molecule has 0 saturated heterocycles. The molecule has 11 heteroatoms. The number of anilines is 1. The molecular formula is C22H14Cl4FN3O3. The second kappa shape index (κ2) is 8.99. The molecule has 1 aromatic heterocycles. The van der Waals surface area contributed by atoms with E-state index in [9.17, 15) is 19.2 Å². The molecule has 3 aromatic rings. The highest BCUT2D eigenvalue weighted by atomic mass is 35.5. The van der Waals surface area contributed by atoms with E-state index in [2.05, 4.69) is 10.3 Å². The van der Waals surface area contributed by atoms with Crippen molar-refractivity contribution in [2.24, 2.45) is 10.9 Å². The quantitative estimate of drug-likeness (QED) is 0.349. The van der Waals surface area contributed by atoms with E-state index in [-0.39, 0.29) is 11.1 Å². The highest BCUT2D eigenvalue weighted by Crippen LogP contribution is 2.65. The fourth-order valence-electron chi connectivity index (χ4n) is 3.45. The molecule has 0 bridgehead atoms. The van der Waals surface area contributed by atoms with Gasteiger partial charge >= 0.3 is 0 Å². The minimum absolute atomic E-state index is 0.105. The fraction of sp³-hybridized carbons (Fsp3) is 0.136. The van der Waals surface area contributed by atoms with Crippen molar-refractivity contribution in [2.45, 2.75) is 10.3 Å². The van der Waals surface area contributed by atoms with Gasteiger partial charge in [-0.1, -0.05) is 23.2 Å². The third-order valence-electron chi connectivity index (χ3n) is 5.06. The highest BCUT2D eigenvalue weighted by Gasteiger charge is 2.67. The van der Waals surface area contributed by atoms with Crippen LogP contribution in [-0.4, -0.2) is 26.1 Å². The minimum atomic E-state index is -1.40. The number of hydrogen-bond acceptors (Lipinski definition) is 3. The first-order valence-corrected chi connectivity index (χ1v) is 11.0. The predicted octanol–water partition coefficient (Wildman–Crippen LogP) is 5.44. The number of carbonyl (C=O) groups is 2. The van der Waals surface area contributed by atoms with E-state index in [4.69, 9.17) is 46.4 Å². The topological polar surface area (TPSA) is 83.7 Å². The first kappa shape index (κ1) is 23.6. The summed E-state index contributed by atoms with van der Waals surface area (Å²) in [5, 5.41) is 13.4. The molecule has 0 aliphatic heterocycles. The molecule has 1 saturated carbocycles. The minimum Gasteiger partial charge on any atom is -0.428 e. The molecule has 1 heterocycles. The molecular weight excluding hydrogens is 515 g/mol. The van der Waals surface area contributed by atoms with Gasteiger partial charge in [-0.25, -0.2) is 9.38 Å². The van der Waals surface area contributed by atoms with Gasteiger partial charge in [-0.05, 0) is 60.2 Å². The lowest BCUT2D eigenvalue weighted by atomic mass is 10.1. The molecule has 2 N–H and O–H groups in total. The Balaban J connectivity index is 1.58. The maximum Gasteiger partial charge on any atom is 0.275 e. The summed E-state index contributed by atoms with van der Waals surface area (Å²) in [6.07, 6.45) is 1.15. The molecule has 2 aromatic carbocycles. The van der Waals surface area contributed by atoms with Gasteiger partial charge in [0.2, 0.25) is 0 Å². The molecule has 1 aliphatic carbocycles. The molecule has 2 unspecified atom stereocenters. The zero-order valence-corrected chi connectivity index (χ0v) is 19.5. The Morgan fingerprint density at radius 2 is 1.67 bits per heavy atom. The van der Waals surface area contributed by atoms with Gasteiger partial charge < -0.3 is 10.5 Å². The fourth-order valence-corrected chi connectivity index (χ4v) is 4.81. The van der Waals surface area contributed by atoms with Gasteiger partial charge in [-0.3, -0.25) is 9.59 Å². The summed E-state index contributed by atoms with van der Waals surface area (Å²) in [5.41, 5.74) is 0.715. The Hall–Kier alpha value is -2.58. The van der Waals surface area contributed by atoms with Gasteiger partial charge in [-0.2, -0.15) is 4.73 Å². The van der Waals surface area contributed by atoms with E-state index >= 15 is 0 Å². The number of carbonyl (C=O) groups excluding carboxylic acids is 2. The second-order valence-corrected chi connectivity index (χ2v) is 9.68. The van der Waals surface area contributed by atoms with Gasteiger partial charge in [0.25, 0.3) is 11.8 Å². The Kier molecular flexibility index (Phi) is 6.42. The van der Waals surface area contributed by atoms with E-state index in [1.54, 1.807) is 18.2 Å². The molecule has 1 fully saturated rings. The predicted molar refractivity (Wildman–Crippen MR) is 124 cm³/mol. The maximum atomic E-state index is 13.1. The van der Waals surface area contributed by atoms with Crippen molar-refractivity contribution >= 4 is 63.9 Å². The SMILES string of the molecule is O=C(Nc1ccc(F)cc1)c1cc(=NC(=O)C2C(c3cc(Cl)cc(Cl)c3)C2(Cl)Cl)ccn1O. The van der Waals surface area contributed by atoms with Crippen LogP contribution >= 0.6 is 46.4 Å². The molecule has 1 aliphatic rings. The van der Waals surface area contributed by atoms with Gasteiger partial charge in [0.05, 0.1) is 11.3 Å². The summed E-state index contributed by atoms with van der Waals surface area (Å²) in [5.74, 6) is -3.19. The molecule has 2 atom stereocenters. The smallest absolute Gasteiger partial charge is 0.275 e. The summed E-state index contributed by atoms with van der Waals surface area (Å²) in [4.78, 5) is 29.4. The standard InChI is InChI=1S/C22H14Cl4FN3O3/c23-12-7-11(8-13(24)9-12)18-19(22(18,25)26)21(32)29-16-5-6-30(33)17(10-16)20(31)28-15-3-1-14(27)2-4-15/h1-10,18-19,33H,(H,28,31). The van der Waals surface area contributed by atoms with Crippen LogP contribution in [0.2, 0.25) is 10.0 Å². The number of nitrogens with one attached hydrogen (secondary N) is 1. The van der Waals surface area contributed by atoms with E-state index < -0.39 is 33.8 Å². The first-order chi connectivity index (χ1) is 15.6. The normalized spacial score (nSPS) is 19.2. The third-order valence-corrected chi connectivity index (χ3v) is 6.43. The summed E-state index contributed by atoms with van der Waals surface area (Å²) in [6.45, 7) is 0. The van der Waals surface area contributed by atoms with Crippen molar-refractivity contribution in [3.05, 3.63) is 93.3 Å². The molecule has 4 rings (SSSR count). The molecule has 170 valence electrons. The summed E-state index contributed by atoms with van der Waals surface area (Å²) >= 11 is 24.8. The summed E-state index contributed by atoms with van der Waals surface area (Å²) in [7, 11) is 0. The number of aromatic nitrogens is 1. The molecule has 0 spiro atoms. The molecule has 6 nitrogen and oxygen atoms in total. The molecule has 33 heavy (non-hydrogen) atoms. The zero-order chi connectivity index (χ0) is 23.9. The lowest BCUT2D eigenvalue weighted by Gasteiger charge is -2.08. The van der Waals surface area contributed by atoms with Crippen LogP contribution in [-0.2, 0) is 4.79 Å². The number of alkyl halides is 2. The average Bonchev–Trinajstić information content (AvgIpc) is 3.32. The van der Waals surface area contributed by atoms with E-state index in [0.29, 0.717) is 26.0 Å². The number of hydrogen-bond donors (Lipinski definition) is 2.